The van der Waals surface area contributed by atoms with Gasteiger partial charge in [-0.25, -0.2) is 18.7 Å². The number of nitrogens with two attached hydrogens (primary N) is 1. The Labute approximate surface area is 502 Å². The minimum atomic E-state index is -0.387. The third kappa shape index (κ3) is 15.7. The molecule has 7 heterocycles. The second-order valence-electron chi connectivity index (χ2n) is 21.1. The number of aromatic amines is 2. The number of benzene rings is 3. The first kappa shape index (κ1) is 63.7. The zero-order valence-electron chi connectivity index (χ0n) is 50.7. The molecule has 0 amide bonds. The maximum Gasteiger partial charge on any atom is 0.180 e. The number of likely N-dealkylation sites (tertiary alicyclic amines) is 1. The second-order valence-corrected chi connectivity index (χ2v) is 21.1. The van der Waals surface area contributed by atoms with Gasteiger partial charge in [-0.05, 0) is 126 Å². The average molecular weight is 1150 g/mol. The topological polar surface area (TPSA) is 149 Å². The van der Waals surface area contributed by atoms with E-state index < -0.39 is 0 Å². The van der Waals surface area contributed by atoms with Crippen molar-refractivity contribution in [1.82, 2.24) is 55.0 Å². The number of fused-ring (bicyclic) bond motifs is 2. The molecule has 444 valence electrons. The Kier molecular flexibility index (Phi) is 22.9. The molecular formula is C69H84F2N14. The number of nitrogen functional groups attached to an aromatic ring is 1. The molecule has 10 rings (SSSR count). The molecule has 0 saturated carbocycles. The number of nitrogens with one attached hydrogen (secondary N) is 4. The fraction of sp³-hybridized carbons (Fsp3) is 0.304. The van der Waals surface area contributed by atoms with Crippen molar-refractivity contribution in [3.8, 4) is 35.5 Å². The van der Waals surface area contributed by atoms with Gasteiger partial charge >= 0.3 is 0 Å². The van der Waals surface area contributed by atoms with Crippen molar-refractivity contribution < 1.29 is 8.78 Å². The highest BCUT2D eigenvalue weighted by Crippen LogP contribution is 2.36. The van der Waals surface area contributed by atoms with Gasteiger partial charge in [0.25, 0.3) is 0 Å². The number of aromatic nitrogens is 6. The molecule has 85 heavy (non-hydrogen) atoms. The predicted molar refractivity (Wildman–Crippen MR) is 352 cm³/mol. The highest BCUT2D eigenvalue weighted by atomic mass is 19.1. The molecule has 4 aromatic heterocycles. The summed E-state index contributed by atoms with van der Waals surface area (Å²) in [6.45, 7) is 37.0. The van der Waals surface area contributed by atoms with Crippen molar-refractivity contribution in [2.75, 3.05) is 102 Å². The Hall–Kier alpha value is -8.88. The number of imidazole rings is 1. The highest BCUT2D eigenvalue weighted by molar-refractivity contribution is 5.97. The number of piperazine rings is 2. The smallest absolute Gasteiger partial charge is 0.180 e. The van der Waals surface area contributed by atoms with E-state index in [-0.39, 0.29) is 18.1 Å². The van der Waals surface area contributed by atoms with Crippen LogP contribution in [0.5, 0.6) is 0 Å². The summed E-state index contributed by atoms with van der Waals surface area (Å²) < 4.78 is 32.3. The summed E-state index contributed by atoms with van der Waals surface area (Å²) in [7, 11) is 4.28. The molecule has 16 heteroatoms. The van der Waals surface area contributed by atoms with E-state index in [0.717, 1.165) is 123 Å². The molecule has 7 aromatic rings. The van der Waals surface area contributed by atoms with Crippen molar-refractivity contribution in [1.29, 1.82) is 0 Å². The van der Waals surface area contributed by atoms with Crippen LogP contribution in [0.15, 0.2) is 170 Å². The molecule has 3 fully saturated rings. The van der Waals surface area contributed by atoms with Gasteiger partial charge in [-0.1, -0.05) is 94.8 Å². The van der Waals surface area contributed by atoms with E-state index >= 15 is 8.78 Å². The maximum atomic E-state index is 16.3. The minimum Gasteiger partial charge on any atom is -0.398 e. The number of hydrogen-bond acceptors (Lipinski definition) is 12. The third-order valence-corrected chi connectivity index (χ3v) is 15.5. The van der Waals surface area contributed by atoms with Gasteiger partial charge in [0.15, 0.2) is 11.5 Å². The lowest BCUT2D eigenvalue weighted by Gasteiger charge is -2.36. The van der Waals surface area contributed by atoms with E-state index in [1.54, 1.807) is 30.7 Å². The molecule has 3 aromatic carbocycles. The van der Waals surface area contributed by atoms with Crippen LogP contribution in [0.2, 0.25) is 0 Å². The normalized spacial score (nSPS) is 15.6. The molecule has 3 aliphatic rings. The lowest BCUT2D eigenvalue weighted by Crippen LogP contribution is -2.44. The molecule has 3 aliphatic heterocycles. The predicted octanol–water partition coefficient (Wildman–Crippen LogP) is 13.1. The van der Waals surface area contributed by atoms with Crippen molar-refractivity contribution in [3.63, 3.8) is 0 Å². The van der Waals surface area contributed by atoms with Crippen LogP contribution in [0.4, 0.5) is 25.8 Å². The first-order valence-electron chi connectivity index (χ1n) is 29.2. The van der Waals surface area contributed by atoms with Crippen LogP contribution < -0.4 is 21.3 Å². The summed E-state index contributed by atoms with van der Waals surface area (Å²) in [4.78, 5) is 28.8. The highest BCUT2D eigenvalue weighted by Gasteiger charge is 2.24. The first-order chi connectivity index (χ1) is 41.2. The lowest BCUT2D eigenvalue weighted by atomic mass is 9.99. The van der Waals surface area contributed by atoms with Crippen LogP contribution in [-0.4, -0.2) is 136 Å². The Morgan fingerprint density at radius 1 is 0.847 bits per heavy atom. The van der Waals surface area contributed by atoms with E-state index in [4.69, 9.17) is 10.7 Å². The van der Waals surface area contributed by atoms with Gasteiger partial charge in [-0.3, -0.25) is 15.0 Å². The van der Waals surface area contributed by atoms with Gasteiger partial charge < -0.3 is 41.0 Å². The minimum absolute atomic E-state index is 0.237. The van der Waals surface area contributed by atoms with Crippen LogP contribution >= 0.6 is 0 Å². The van der Waals surface area contributed by atoms with Crippen molar-refractivity contribution in [2.24, 2.45) is 0 Å². The molecular weight excluding hydrogens is 1060 g/mol. The van der Waals surface area contributed by atoms with E-state index in [9.17, 15) is 0 Å². The van der Waals surface area contributed by atoms with E-state index in [0.29, 0.717) is 67.4 Å². The lowest BCUT2D eigenvalue weighted by molar-refractivity contribution is 0.188. The summed E-state index contributed by atoms with van der Waals surface area (Å²) in [6.07, 6.45) is 25.5. The SMILES string of the molecule is C#C.C=C/C(=C\C(=C/C)c1ccc2[nH]nc(-c3nc4nccc(N5CCN(C)CC5)c4[nH]3)c2c1F)CN1CCCC1.C=C/C=C(\C(C)=C(/C)NC(=C)Cc1c(N)ccc(-c2cncc(NC(=C)c3ccccc3)c2)c1F)N1CCN(C)CC1.CC. The third-order valence-electron chi connectivity index (χ3n) is 15.5. The number of likely N-dealkylation sites (N-methyl/N-ethyl adjacent to an activating group) is 2. The summed E-state index contributed by atoms with van der Waals surface area (Å²) >= 11 is 0. The van der Waals surface area contributed by atoms with Crippen molar-refractivity contribution in [3.05, 3.63) is 199 Å². The number of pyridine rings is 2. The number of terminal acetylenes is 1. The maximum absolute atomic E-state index is 16.3. The largest absolute Gasteiger partial charge is 0.398 e. The summed E-state index contributed by atoms with van der Waals surface area (Å²) in [5, 5.41) is 14.6. The van der Waals surface area contributed by atoms with Crippen molar-refractivity contribution in [2.45, 2.75) is 53.9 Å². The molecule has 6 N–H and O–H groups in total. The molecule has 0 atom stereocenters. The molecule has 0 unspecified atom stereocenters. The standard InChI is InChI=1S/C35H41FN6.C30H35FN8.C2H6.C2H2/c1-7-11-34(42-18-16-41(6)17-19-42)25(3)26(4)39-24(2)20-32-33(37)15-14-31(35(32)36)29-21-30(23-38-22-29)40-27(5)28-12-9-8-10-13-28;1-4-20(19-38-12-6-7-13-38)18-21(5-2)22-8-9-23-25(26(22)31)28(36-35-23)30-33-27-24(10-11-32-29(27)34-30)39-16-14-37(3)15-17-39;2*1-2/h7-15,21-23,39-40H,1-2,5,16-20,37H2,3-4,6H3;4-5,8-11,18H,1,6-7,12-17,19H2,2-3H3,(H,35,36)(H,32,33,34);1-2H3;1-2H/b26-25+,34-11+;20-18+,21-5+;;. The molecule has 0 bridgehead atoms. The monoisotopic (exact) mass is 1150 g/mol. The number of nitrogens with zero attached hydrogens (tertiary/aromatic N) is 9. The number of rotatable bonds is 18. The Morgan fingerprint density at radius 3 is 2.21 bits per heavy atom. The zero-order valence-corrected chi connectivity index (χ0v) is 50.7. The quantitative estimate of drug-likeness (QED) is 0.0316. The van der Waals surface area contributed by atoms with E-state index in [2.05, 4.69) is 120 Å². The fourth-order valence-corrected chi connectivity index (χ4v) is 10.7. The fourth-order valence-electron chi connectivity index (χ4n) is 10.7. The molecule has 0 radical (unpaired) electrons. The van der Waals surface area contributed by atoms with Gasteiger partial charge in [0.1, 0.15) is 22.8 Å². The first-order valence-corrected chi connectivity index (χ1v) is 29.2. The Balaban J connectivity index is 0.000000231. The van der Waals surface area contributed by atoms with Crippen LogP contribution in [0.25, 0.3) is 56.0 Å². The summed E-state index contributed by atoms with van der Waals surface area (Å²) in [5.41, 5.74) is 20.3. The van der Waals surface area contributed by atoms with Crippen LogP contribution in [0, 0.1) is 24.5 Å². The van der Waals surface area contributed by atoms with Gasteiger partial charge in [0.05, 0.1) is 28.5 Å². The number of allylic oxidation sites excluding steroid dienone is 8. The van der Waals surface area contributed by atoms with E-state index in [1.165, 1.54) is 12.8 Å². The number of anilines is 3. The second kappa shape index (κ2) is 30.6. The molecule has 14 nitrogen and oxygen atoms in total. The number of hydrogen-bond donors (Lipinski definition) is 5. The van der Waals surface area contributed by atoms with Crippen LogP contribution in [0.3, 0.4) is 0 Å². The summed E-state index contributed by atoms with van der Waals surface area (Å²) in [6, 6.07) is 20.8. The van der Waals surface area contributed by atoms with E-state index in [1.807, 2.05) is 113 Å². The van der Waals surface area contributed by atoms with Crippen LogP contribution in [0.1, 0.15) is 64.2 Å². The van der Waals surface area contributed by atoms with Gasteiger partial charge in [0.2, 0.25) is 0 Å². The zero-order chi connectivity index (χ0) is 61.2. The Morgan fingerprint density at radius 2 is 1.54 bits per heavy atom. The molecule has 0 aliphatic carbocycles. The number of H-pyrrole nitrogens is 2. The Bertz CT molecular complexity index is 3600. The van der Waals surface area contributed by atoms with Gasteiger partial charge in [-0.2, -0.15) is 5.10 Å². The van der Waals surface area contributed by atoms with Gasteiger partial charge in [-0.15, -0.1) is 12.8 Å². The molecule has 3 saturated heterocycles. The summed E-state index contributed by atoms with van der Waals surface area (Å²) in [5.74, 6) is -0.209. The average Bonchev–Trinajstić information content (AvgIpc) is 4.53. The van der Waals surface area contributed by atoms with Gasteiger partial charge in [0, 0.05) is 128 Å². The molecule has 0 spiro atoms. The number of halogens is 2. The van der Waals surface area contributed by atoms with Crippen LogP contribution in [-0.2, 0) is 6.42 Å². The van der Waals surface area contributed by atoms with Crippen molar-refractivity contribution >= 4 is 50.4 Å².